The van der Waals surface area contributed by atoms with Gasteiger partial charge < -0.3 is 5.43 Å². The quantitative estimate of drug-likeness (QED) is 0.633. The average molecular weight is 307 g/mol. The standard InChI is InChI=1S/C15H25N5S/c1-6-11(7-2)20(5)8-12-17-14(19-16)13-9(3)10(4)21-15(13)18-12/h11H,6-8,16H2,1-5H3,(H,17,18,19). The number of nitrogen functional groups attached to an aromatic ring is 1. The molecule has 3 N–H and O–H groups in total. The van der Waals surface area contributed by atoms with Crippen molar-refractivity contribution in [3.8, 4) is 0 Å². The van der Waals surface area contributed by atoms with Crippen LogP contribution in [0.2, 0.25) is 0 Å². The lowest BCUT2D eigenvalue weighted by atomic mass is 10.1. The topological polar surface area (TPSA) is 67.1 Å². The molecule has 2 rings (SSSR count). The highest BCUT2D eigenvalue weighted by molar-refractivity contribution is 7.18. The van der Waals surface area contributed by atoms with Gasteiger partial charge in [-0.2, -0.15) is 0 Å². The van der Waals surface area contributed by atoms with Crippen LogP contribution < -0.4 is 11.3 Å². The van der Waals surface area contributed by atoms with Crippen LogP contribution in [-0.4, -0.2) is 28.0 Å². The number of rotatable bonds is 6. The van der Waals surface area contributed by atoms with Gasteiger partial charge in [0.25, 0.3) is 0 Å². The third kappa shape index (κ3) is 3.17. The number of hydrogen-bond acceptors (Lipinski definition) is 6. The van der Waals surface area contributed by atoms with E-state index in [1.165, 1.54) is 10.4 Å². The summed E-state index contributed by atoms with van der Waals surface area (Å²) < 4.78 is 0. The summed E-state index contributed by atoms with van der Waals surface area (Å²) in [6.07, 6.45) is 2.27. The SMILES string of the molecule is CCC(CC)N(C)Cc1nc(NN)c2c(C)c(C)sc2n1. The summed E-state index contributed by atoms with van der Waals surface area (Å²) in [7, 11) is 2.13. The Kier molecular flexibility index (Phi) is 5.13. The zero-order valence-corrected chi connectivity index (χ0v) is 14.3. The molecule has 2 heterocycles. The molecule has 2 aromatic rings. The van der Waals surface area contributed by atoms with Gasteiger partial charge in [0.15, 0.2) is 5.82 Å². The number of aromatic nitrogens is 2. The molecule has 5 nitrogen and oxygen atoms in total. The molecule has 0 amide bonds. The maximum atomic E-state index is 5.66. The molecule has 0 aromatic carbocycles. The fraction of sp³-hybridized carbons (Fsp3) is 0.600. The van der Waals surface area contributed by atoms with Crippen molar-refractivity contribution in [2.24, 2.45) is 5.84 Å². The van der Waals surface area contributed by atoms with E-state index in [2.05, 4.69) is 50.1 Å². The van der Waals surface area contributed by atoms with Crippen LogP contribution in [0, 0.1) is 13.8 Å². The van der Waals surface area contributed by atoms with Crippen LogP contribution in [0.5, 0.6) is 0 Å². The van der Waals surface area contributed by atoms with Gasteiger partial charge in [0.05, 0.1) is 11.9 Å². The van der Waals surface area contributed by atoms with Crippen molar-refractivity contribution >= 4 is 27.4 Å². The second-order valence-corrected chi connectivity index (χ2v) is 6.68. The van der Waals surface area contributed by atoms with Crippen molar-refractivity contribution < 1.29 is 0 Å². The summed E-state index contributed by atoms with van der Waals surface area (Å²) in [4.78, 5) is 13.9. The minimum absolute atomic E-state index is 0.561. The van der Waals surface area contributed by atoms with E-state index in [4.69, 9.17) is 10.8 Å². The van der Waals surface area contributed by atoms with Gasteiger partial charge in [0.1, 0.15) is 10.7 Å². The van der Waals surface area contributed by atoms with Crippen LogP contribution in [0.3, 0.4) is 0 Å². The van der Waals surface area contributed by atoms with Crippen LogP contribution >= 0.6 is 11.3 Å². The number of nitrogens with zero attached hydrogens (tertiary/aromatic N) is 3. The van der Waals surface area contributed by atoms with Crippen LogP contribution in [-0.2, 0) is 6.54 Å². The molecule has 116 valence electrons. The maximum absolute atomic E-state index is 5.66. The molecule has 0 fully saturated rings. The number of nitrogens with one attached hydrogen (secondary N) is 1. The monoisotopic (exact) mass is 307 g/mol. The Morgan fingerprint density at radius 3 is 2.48 bits per heavy atom. The lowest BCUT2D eigenvalue weighted by Crippen LogP contribution is -2.30. The van der Waals surface area contributed by atoms with E-state index in [0.717, 1.165) is 41.2 Å². The molecule has 0 aliphatic heterocycles. The molecule has 0 aliphatic carbocycles. The molecule has 0 saturated carbocycles. The molecule has 0 spiro atoms. The maximum Gasteiger partial charge on any atom is 0.152 e. The summed E-state index contributed by atoms with van der Waals surface area (Å²) in [5.41, 5.74) is 3.94. The van der Waals surface area contributed by atoms with Gasteiger partial charge in [-0.25, -0.2) is 15.8 Å². The van der Waals surface area contributed by atoms with Crippen LogP contribution in [0.25, 0.3) is 10.2 Å². The van der Waals surface area contributed by atoms with E-state index >= 15 is 0 Å². The summed E-state index contributed by atoms with van der Waals surface area (Å²) in [6, 6.07) is 0.561. The van der Waals surface area contributed by atoms with Gasteiger partial charge in [-0.3, -0.25) is 4.90 Å². The Morgan fingerprint density at radius 1 is 1.24 bits per heavy atom. The van der Waals surface area contributed by atoms with E-state index in [1.54, 1.807) is 11.3 Å². The number of hydrogen-bond donors (Lipinski definition) is 2. The van der Waals surface area contributed by atoms with E-state index in [-0.39, 0.29) is 0 Å². The van der Waals surface area contributed by atoms with Gasteiger partial charge in [0, 0.05) is 10.9 Å². The molecule has 6 heteroatoms. The Morgan fingerprint density at radius 2 is 1.90 bits per heavy atom. The minimum Gasteiger partial charge on any atom is -0.308 e. The van der Waals surface area contributed by atoms with E-state index in [0.29, 0.717) is 6.04 Å². The molecule has 21 heavy (non-hydrogen) atoms. The summed E-state index contributed by atoms with van der Waals surface area (Å²) in [5.74, 6) is 7.21. The van der Waals surface area contributed by atoms with Gasteiger partial charge >= 0.3 is 0 Å². The van der Waals surface area contributed by atoms with Crippen LogP contribution in [0.1, 0.15) is 43.0 Å². The van der Waals surface area contributed by atoms with Crippen molar-refractivity contribution in [2.75, 3.05) is 12.5 Å². The number of anilines is 1. The van der Waals surface area contributed by atoms with Gasteiger partial charge in [0.2, 0.25) is 0 Å². The Labute approximate surface area is 130 Å². The minimum atomic E-state index is 0.561. The molecule has 0 radical (unpaired) electrons. The number of nitrogens with two attached hydrogens (primary N) is 1. The molecular weight excluding hydrogens is 282 g/mol. The fourth-order valence-corrected chi connectivity index (χ4v) is 3.78. The van der Waals surface area contributed by atoms with Crippen molar-refractivity contribution in [3.63, 3.8) is 0 Å². The van der Waals surface area contributed by atoms with Gasteiger partial charge in [-0.05, 0) is 39.3 Å². The van der Waals surface area contributed by atoms with Crippen LogP contribution in [0.4, 0.5) is 5.82 Å². The van der Waals surface area contributed by atoms with Crippen molar-refractivity contribution in [1.82, 2.24) is 14.9 Å². The molecule has 0 bridgehead atoms. The predicted molar refractivity (Wildman–Crippen MR) is 90.5 cm³/mol. The number of hydrazine groups is 1. The first-order valence-corrected chi connectivity index (χ1v) is 8.26. The number of thiophene rings is 1. The summed E-state index contributed by atoms with van der Waals surface area (Å²) in [6.45, 7) is 9.38. The second-order valence-electron chi connectivity index (χ2n) is 5.48. The predicted octanol–water partition coefficient (Wildman–Crippen LogP) is 3.21. The number of aryl methyl sites for hydroxylation is 2. The molecule has 0 atom stereocenters. The van der Waals surface area contributed by atoms with E-state index in [1.807, 2.05) is 0 Å². The highest BCUT2D eigenvalue weighted by Gasteiger charge is 2.17. The molecule has 0 saturated heterocycles. The molecular formula is C15H25N5S. The van der Waals surface area contributed by atoms with E-state index < -0.39 is 0 Å². The molecule has 0 aliphatic rings. The van der Waals surface area contributed by atoms with Gasteiger partial charge in [-0.15, -0.1) is 11.3 Å². The molecule has 0 unspecified atom stereocenters. The zero-order chi connectivity index (χ0) is 15.6. The largest absolute Gasteiger partial charge is 0.308 e. The zero-order valence-electron chi connectivity index (χ0n) is 13.5. The first kappa shape index (κ1) is 16.1. The summed E-state index contributed by atoms with van der Waals surface area (Å²) >= 11 is 1.70. The fourth-order valence-electron chi connectivity index (χ4n) is 2.73. The third-order valence-corrected chi connectivity index (χ3v) is 5.27. The summed E-state index contributed by atoms with van der Waals surface area (Å²) in [5, 5.41) is 1.05. The van der Waals surface area contributed by atoms with Crippen molar-refractivity contribution in [2.45, 2.75) is 53.1 Å². The average Bonchev–Trinajstić information content (AvgIpc) is 2.74. The Bertz CT molecular complexity index is 618. The smallest absolute Gasteiger partial charge is 0.152 e. The van der Waals surface area contributed by atoms with Gasteiger partial charge in [-0.1, -0.05) is 13.8 Å². The Balaban J connectivity index is 2.37. The second kappa shape index (κ2) is 6.68. The van der Waals surface area contributed by atoms with Crippen molar-refractivity contribution in [1.29, 1.82) is 0 Å². The van der Waals surface area contributed by atoms with E-state index in [9.17, 15) is 0 Å². The van der Waals surface area contributed by atoms with Crippen LogP contribution in [0.15, 0.2) is 0 Å². The lowest BCUT2D eigenvalue weighted by Gasteiger charge is -2.25. The number of fused-ring (bicyclic) bond motifs is 1. The van der Waals surface area contributed by atoms with Crippen molar-refractivity contribution in [3.05, 3.63) is 16.3 Å². The molecule has 2 aromatic heterocycles. The highest BCUT2D eigenvalue weighted by atomic mass is 32.1. The third-order valence-electron chi connectivity index (χ3n) is 4.17. The normalized spacial score (nSPS) is 11.8. The highest BCUT2D eigenvalue weighted by Crippen LogP contribution is 2.33. The first-order valence-electron chi connectivity index (χ1n) is 7.45. The first-order chi connectivity index (χ1) is 10.0. The lowest BCUT2D eigenvalue weighted by molar-refractivity contribution is 0.217. The Hall–Kier alpha value is -1.24.